The van der Waals surface area contributed by atoms with Crippen LogP contribution in [-0.2, 0) is 16.6 Å². The SMILES string of the molecule is Cc1ccc(Br)c(NS(=O)(=O)c2ccc(CN)cc2F)c1. The monoisotopic (exact) mass is 372 g/mol. The zero-order chi connectivity index (χ0) is 15.6. The van der Waals surface area contributed by atoms with E-state index in [2.05, 4.69) is 20.7 Å². The van der Waals surface area contributed by atoms with Gasteiger partial charge < -0.3 is 5.73 Å². The highest BCUT2D eigenvalue weighted by atomic mass is 79.9. The molecule has 0 aromatic heterocycles. The van der Waals surface area contributed by atoms with Crippen LogP contribution in [0, 0.1) is 12.7 Å². The molecule has 21 heavy (non-hydrogen) atoms. The molecule has 0 bridgehead atoms. The topological polar surface area (TPSA) is 72.2 Å². The van der Waals surface area contributed by atoms with E-state index in [1.54, 1.807) is 12.1 Å². The average molecular weight is 373 g/mol. The first-order valence-electron chi connectivity index (χ1n) is 6.11. The Bertz CT molecular complexity index is 779. The van der Waals surface area contributed by atoms with Crippen molar-refractivity contribution in [3.63, 3.8) is 0 Å². The van der Waals surface area contributed by atoms with Gasteiger partial charge in [-0.25, -0.2) is 12.8 Å². The zero-order valence-corrected chi connectivity index (χ0v) is 13.6. The molecule has 0 spiro atoms. The largest absolute Gasteiger partial charge is 0.326 e. The predicted octanol–water partition coefficient (Wildman–Crippen LogP) is 3.16. The molecule has 2 aromatic rings. The molecule has 0 saturated carbocycles. The van der Waals surface area contributed by atoms with E-state index in [-0.39, 0.29) is 6.54 Å². The molecule has 3 N–H and O–H groups in total. The smallest absolute Gasteiger partial charge is 0.264 e. The number of anilines is 1. The molecular weight excluding hydrogens is 359 g/mol. The lowest BCUT2D eigenvalue weighted by molar-refractivity contribution is 0.569. The molecule has 0 fully saturated rings. The Balaban J connectivity index is 2.41. The van der Waals surface area contributed by atoms with Gasteiger partial charge in [-0.15, -0.1) is 0 Å². The Kier molecular flexibility index (Phi) is 4.65. The number of aryl methyl sites for hydroxylation is 1. The molecule has 2 rings (SSSR count). The quantitative estimate of drug-likeness (QED) is 0.865. The van der Waals surface area contributed by atoms with Gasteiger partial charge in [-0.1, -0.05) is 12.1 Å². The second-order valence-corrected chi connectivity index (χ2v) is 7.06. The first-order valence-corrected chi connectivity index (χ1v) is 8.38. The molecule has 4 nitrogen and oxygen atoms in total. The standard InChI is InChI=1S/C14H14BrFN2O2S/c1-9-2-4-11(15)13(6-9)18-21(19,20)14-5-3-10(8-17)7-12(14)16/h2-7,18H,8,17H2,1H3. The minimum absolute atomic E-state index is 0.147. The van der Waals surface area contributed by atoms with Crippen molar-refractivity contribution in [2.75, 3.05) is 4.72 Å². The molecule has 112 valence electrons. The van der Waals surface area contributed by atoms with Gasteiger partial charge in [0.05, 0.1) is 5.69 Å². The number of benzene rings is 2. The maximum absolute atomic E-state index is 13.9. The maximum atomic E-state index is 13.9. The summed E-state index contributed by atoms with van der Waals surface area (Å²) < 4.78 is 41.4. The van der Waals surface area contributed by atoms with E-state index in [9.17, 15) is 12.8 Å². The third-order valence-electron chi connectivity index (χ3n) is 2.89. The van der Waals surface area contributed by atoms with Gasteiger partial charge in [-0.2, -0.15) is 0 Å². The first kappa shape index (κ1) is 15.9. The maximum Gasteiger partial charge on any atom is 0.264 e. The minimum Gasteiger partial charge on any atom is -0.326 e. The average Bonchev–Trinajstić information content (AvgIpc) is 2.42. The van der Waals surface area contributed by atoms with Crippen LogP contribution in [0.25, 0.3) is 0 Å². The second kappa shape index (κ2) is 6.13. The fourth-order valence-electron chi connectivity index (χ4n) is 1.81. The van der Waals surface area contributed by atoms with E-state index in [0.717, 1.165) is 11.6 Å². The van der Waals surface area contributed by atoms with Crippen LogP contribution in [0.4, 0.5) is 10.1 Å². The van der Waals surface area contributed by atoms with E-state index < -0.39 is 20.7 Å². The zero-order valence-electron chi connectivity index (χ0n) is 11.2. The van der Waals surface area contributed by atoms with Gasteiger partial charge in [-0.05, 0) is 58.2 Å². The van der Waals surface area contributed by atoms with Crippen LogP contribution < -0.4 is 10.5 Å². The van der Waals surface area contributed by atoms with E-state index in [0.29, 0.717) is 15.7 Å². The van der Waals surface area contributed by atoms with E-state index in [1.165, 1.54) is 12.1 Å². The number of nitrogens with one attached hydrogen (secondary N) is 1. The van der Waals surface area contributed by atoms with Gasteiger partial charge in [0.1, 0.15) is 10.7 Å². The van der Waals surface area contributed by atoms with Crippen molar-refractivity contribution >= 4 is 31.6 Å². The molecule has 0 radical (unpaired) electrons. The van der Waals surface area contributed by atoms with Crippen LogP contribution in [-0.4, -0.2) is 8.42 Å². The summed E-state index contributed by atoms with van der Waals surface area (Å²) in [5, 5.41) is 0. The van der Waals surface area contributed by atoms with Gasteiger partial charge in [0.2, 0.25) is 0 Å². The molecule has 0 heterocycles. The van der Waals surface area contributed by atoms with Crippen molar-refractivity contribution in [3.05, 3.63) is 57.8 Å². The van der Waals surface area contributed by atoms with Crippen LogP contribution in [0.2, 0.25) is 0 Å². The van der Waals surface area contributed by atoms with Crippen molar-refractivity contribution in [3.8, 4) is 0 Å². The van der Waals surface area contributed by atoms with Gasteiger partial charge in [0, 0.05) is 11.0 Å². The lowest BCUT2D eigenvalue weighted by Gasteiger charge is -2.11. The van der Waals surface area contributed by atoms with Crippen LogP contribution >= 0.6 is 15.9 Å². The molecule has 0 atom stereocenters. The number of rotatable bonds is 4. The highest BCUT2D eigenvalue weighted by molar-refractivity contribution is 9.10. The summed E-state index contributed by atoms with van der Waals surface area (Å²) in [6.45, 7) is 1.98. The Morgan fingerprint density at radius 1 is 1.24 bits per heavy atom. The fraction of sp³-hybridized carbons (Fsp3) is 0.143. The summed E-state index contributed by atoms with van der Waals surface area (Å²) >= 11 is 3.26. The van der Waals surface area contributed by atoms with Gasteiger partial charge in [0.15, 0.2) is 0 Å². The third kappa shape index (κ3) is 3.61. The molecular formula is C14H14BrFN2O2S. The Hall–Kier alpha value is -1.44. The van der Waals surface area contributed by atoms with Crippen LogP contribution in [0.15, 0.2) is 45.8 Å². The second-order valence-electron chi connectivity index (χ2n) is 4.56. The summed E-state index contributed by atoms with van der Waals surface area (Å²) in [6.07, 6.45) is 0. The van der Waals surface area contributed by atoms with Crippen molar-refractivity contribution in [2.45, 2.75) is 18.4 Å². The number of hydrogen-bond donors (Lipinski definition) is 2. The molecule has 0 amide bonds. The fourth-order valence-corrected chi connectivity index (χ4v) is 3.41. The molecule has 0 aliphatic heterocycles. The summed E-state index contributed by atoms with van der Waals surface area (Å²) in [5.41, 5.74) is 7.17. The number of nitrogens with two attached hydrogens (primary N) is 1. The molecule has 2 aromatic carbocycles. The van der Waals surface area contributed by atoms with Crippen molar-refractivity contribution < 1.29 is 12.8 Å². The molecule has 7 heteroatoms. The van der Waals surface area contributed by atoms with Gasteiger partial charge >= 0.3 is 0 Å². The van der Waals surface area contributed by atoms with Gasteiger partial charge in [-0.3, -0.25) is 4.72 Å². The summed E-state index contributed by atoms with van der Waals surface area (Å²) in [7, 11) is -4.00. The van der Waals surface area contributed by atoms with Crippen LogP contribution in [0.5, 0.6) is 0 Å². The predicted molar refractivity (Wildman–Crippen MR) is 84.0 cm³/mol. The lowest BCUT2D eigenvalue weighted by atomic mass is 10.2. The molecule has 0 aliphatic rings. The van der Waals surface area contributed by atoms with Gasteiger partial charge in [0.25, 0.3) is 10.0 Å². The first-order chi connectivity index (χ1) is 9.83. The van der Waals surface area contributed by atoms with Crippen molar-refractivity contribution in [1.82, 2.24) is 0 Å². The minimum atomic E-state index is -4.00. The normalized spacial score (nSPS) is 11.4. The molecule has 0 saturated heterocycles. The summed E-state index contributed by atoms with van der Waals surface area (Å²) in [5.74, 6) is -0.825. The number of halogens is 2. The highest BCUT2D eigenvalue weighted by Gasteiger charge is 2.20. The Morgan fingerprint density at radius 2 is 1.95 bits per heavy atom. The number of hydrogen-bond acceptors (Lipinski definition) is 3. The van der Waals surface area contributed by atoms with E-state index >= 15 is 0 Å². The highest BCUT2D eigenvalue weighted by Crippen LogP contribution is 2.27. The summed E-state index contributed by atoms with van der Waals surface area (Å²) in [4.78, 5) is -0.409. The van der Waals surface area contributed by atoms with Crippen LogP contribution in [0.1, 0.15) is 11.1 Å². The van der Waals surface area contributed by atoms with Crippen molar-refractivity contribution in [1.29, 1.82) is 0 Å². The van der Waals surface area contributed by atoms with E-state index in [1.807, 2.05) is 13.0 Å². The Morgan fingerprint density at radius 3 is 2.57 bits per heavy atom. The molecule has 0 aliphatic carbocycles. The summed E-state index contributed by atoms with van der Waals surface area (Å²) in [6, 6.07) is 9.04. The lowest BCUT2D eigenvalue weighted by Crippen LogP contribution is -2.15. The third-order valence-corrected chi connectivity index (χ3v) is 4.98. The van der Waals surface area contributed by atoms with E-state index in [4.69, 9.17) is 5.73 Å². The Labute approximate surface area is 131 Å². The molecule has 0 unspecified atom stereocenters. The van der Waals surface area contributed by atoms with Crippen LogP contribution in [0.3, 0.4) is 0 Å². The van der Waals surface area contributed by atoms with Crippen molar-refractivity contribution in [2.24, 2.45) is 5.73 Å². The number of sulfonamides is 1.